The molecule has 2 rings (SSSR count). The molecule has 1 aliphatic rings. The van der Waals surface area contributed by atoms with E-state index in [1.165, 1.54) is 18.2 Å². The van der Waals surface area contributed by atoms with Crippen LogP contribution in [0.3, 0.4) is 0 Å². The molecule has 0 radical (unpaired) electrons. The van der Waals surface area contributed by atoms with E-state index in [1.54, 1.807) is 6.92 Å². The number of nitrogens with zero attached hydrogens (tertiary/aromatic N) is 1. The fourth-order valence-electron chi connectivity index (χ4n) is 2.59. The van der Waals surface area contributed by atoms with Gasteiger partial charge in [-0.3, -0.25) is 9.59 Å². The molecule has 0 bridgehead atoms. The van der Waals surface area contributed by atoms with Crippen LogP contribution in [-0.2, 0) is 10.0 Å². The Morgan fingerprint density at radius 2 is 1.84 bits per heavy atom. The van der Waals surface area contributed by atoms with Crippen molar-refractivity contribution in [2.45, 2.75) is 44.0 Å². The molecule has 0 aromatic heterocycles. The average molecular weight is 390 g/mol. The third-order valence-electron chi connectivity index (χ3n) is 4.57. The number of nitrogens with one attached hydrogen (secondary N) is 1. The van der Waals surface area contributed by atoms with Gasteiger partial charge in [0.1, 0.15) is 4.90 Å². The van der Waals surface area contributed by atoms with E-state index in [2.05, 4.69) is 5.32 Å². The lowest BCUT2D eigenvalue weighted by Gasteiger charge is -2.26. The van der Waals surface area contributed by atoms with Crippen LogP contribution < -0.4 is 11.1 Å². The van der Waals surface area contributed by atoms with Crippen molar-refractivity contribution in [3.8, 4) is 0 Å². The summed E-state index contributed by atoms with van der Waals surface area (Å²) < 4.78 is 25.5. The molecule has 1 aromatic rings. The van der Waals surface area contributed by atoms with E-state index < -0.39 is 27.4 Å². The number of nitrogens with two attached hydrogens (primary N) is 1. The molecule has 0 saturated carbocycles. The van der Waals surface area contributed by atoms with Crippen molar-refractivity contribution < 1.29 is 18.0 Å². The van der Waals surface area contributed by atoms with Gasteiger partial charge in [-0.05, 0) is 38.0 Å². The van der Waals surface area contributed by atoms with Gasteiger partial charge in [0.05, 0.1) is 5.56 Å². The number of amides is 2. The minimum absolute atomic E-state index is 0. The normalized spacial score (nSPS) is 15.5. The smallest absolute Gasteiger partial charge is 0.268 e. The first-order valence-corrected chi connectivity index (χ1v) is 9.42. The van der Waals surface area contributed by atoms with Gasteiger partial charge in [0, 0.05) is 24.2 Å². The zero-order valence-corrected chi connectivity index (χ0v) is 16.2. The van der Waals surface area contributed by atoms with Gasteiger partial charge in [-0.15, -0.1) is 12.4 Å². The van der Waals surface area contributed by atoms with Crippen LogP contribution in [0.1, 0.15) is 54.3 Å². The zero-order valence-electron chi connectivity index (χ0n) is 14.5. The summed E-state index contributed by atoms with van der Waals surface area (Å²) in [6, 6.07) is 4.09. The summed E-state index contributed by atoms with van der Waals surface area (Å²) in [7, 11) is -3.88. The van der Waals surface area contributed by atoms with Gasteiger partial charge >= 0.3 is 0 Å². The van der Waals surface area contributed by atoms with Gasteiger partial charge in [-0.25, -0.2) is 12.7 Å². The Labute approximate surface area is 154 Å². The number of fused-ring (bicyclic) bond motifs is 1. The van der Waals surface area contributed by atoms with E-state index in [-0.39, 0.29) is 35.0 Å². The molecule has 3 N–H and O–H groups in total. The summed E-state index contributed by atoms with van der Waals surface area (Å²) in [6.45, 7) is 5.83. The molecule has 25 heavy (non-hydrogen) atoms. The molecule has 0 atom stereocenters. The van der Waals surface area contributed by atoms with Crippen molar-refractivity contribution in [3.05, 3.63) is 29.3 Å². The second-order valence-electron chi connectivity index (χ2n) is 5.94. The van der Waals surface area contributed by atoms with Crippen molar-refractivity contribution in [1.29, 1.82) is 0 Å². The summed E-state index contributed by atoms with van der Waals surface area (Å²) in [6.07, 6.45) is 1.42. The molecule has 1 heterocycles. The molecule has 0 unspecified atom stereocenters. The Hall–Kier alpha value is -1.64. The molecule has 0 spiro atoms. The van der Waals surface area contributed by atoms with E-state index in [9.17, 15) is 18.0 Å². The highest BCUT2D eigenvalue weighted by atomic mass is 35.5. The quantitative estimate of drug-likeness (QED) is 0.766. The van der Waals surface area contributed by atoms with Gasteiger partial charge < -0.3 is 11.1 Å². The van der Waals surface area contributed by atoms with Crippen molar-refractivity contribution in [3.63, 3.8) is 0 Å². The monoisotopic (exact) mass is 389 g/mol. The van der Waals surface area contributed by atoms with Gasteiger partial charge in [0.15, 0.2) is 0 Å². The minimum atomic E-state index is -3.88. The predicted octanol–water partition coefficient (Wildman–Crippen LogP) is 1.52. The summed E-state index contributed by atoms with van der Waals surface area (Å²) in [5, 5.41) is 2.74. The van der Waals surface area contributed by atoms with Crippen molar-refractivity contribution in [1.82, 2.24) is 9.62 Å². The van der Waals surface area contributed by atoms with E-state index in [4.69, 9.17) is 5.73 Å². The lowest BCUT2D eigenvalue weighted by atomic mass is 9.94. The van der Waals surface area contributed by atoms with Crippen LogP contribution in [0.2, 0.25) is 0 Å². The molecule has 0 fully saturated rings. The minimum Gasteiger partial charge on any atom is -0.350 e. The summed E-state index contributed by atoms with van der Waals surface area (Å²) in [4.78, 5) is 24.3. The maximum atomic E-state index is 12.4. The Kier molecular flexibility index (Phi) is 6.61. The number of benzene rings is 1. The Morgan fingerprint density at radius 1 is 1.24 bits per heavy atom. The summed E-state index contributed by atoms with van der Waals surface area (Å²) >= 11 is 0. The SMILES string of the molecule is CCN1C(=O)c2ccc(C(=O)NCC(N)(CC)CC)cc2S1(=O)=O.Cl. The first kappa shape index (κ1) is 21.4. The van der Waals surface area contributed by atoms with Crippen molar-refractivity contribution in [2.24, 2.45) is 5.73 Å². The second kappa shape index (κ2) is 7.72. The Bertz CT molecular complexity index is 776. The molecule has 9 heteroatoms. The van der Waals surface area contributed by atoms with Crippen LogP contribution >= 0.6 is 12.4 Å². The van der Waals surface area contributed by atoms with E-state index >= 15 is 0 Å². The maximum Gasteiger partial charge on any atom is 0.268 e. The highest BCUT2D eigenvalue weighted by Crippen LogP contribution is 2.30. The number of hydrogen-bond acceptors (Lipinski definition) is 5. The number of carbonyl (C=O) groups is 2. The molecule has 7 nitrogen and oxygen atoms in total. The number of hydrogen-bond donors (Lipinski definition) is 2. The number of carbonyl (C=O) groups excluding carboxylic acids is 2. The fraction of sp³-hybridized carbons (Fsp3) is 0.500. The molecule has 0 saturated heterocycles. The number of rotatable bonds is 6. The third-order valence-corrected chi connectivity index (χ3v) is 6.46. The Balaban J connectivity index is 0.00000312. The van der Waals surface area contributed by atoms with Gasteiger partial charge in [-0.2, -0.15) is 0 Å². The first-order chi connectivity index (χ1) is 11.2. The molecule has 2 amide bonds. The molecule has 140 valence electrons. The van der Waals surface area contributed by atoms with Crippen LogP contribution in [0.5, 0.6) is 0 Å². The van der Waals surface area contributed by atoms with Crippen molar-refractivity contribution in [2.75, 3.05) is 13.1 Å². The fourth-order valence-corrected chi connectivity index (χ4v) is 4.19. The number of halogens is 1. The van der Waals surface area contributed by atoms with E-state index in [0.717, 1.165) is 4.31 Å². The Morgan fingerprint density at radius 3 is 2.36 bits per heavy atom. The lowest BCUT2D eigenvalue weighted by molar-refractivity contribution is 0.0874. The van der Waals surface area contributed by atoms with Crippen LogP contribution in [-0.4, -0.2) is 43.2 Å². The molecular formula is C16H24ClN3O4S. The highest BCUT2D eigenvalue weighted by molar-refractivity contribution is 7.90. The standard InChI is InChI=1S/C16H23N3O4S.ClH/c1-4-16(17,5-2)10-18-14(20)11-7-8-12-13(9-11)24(22,23)19(6-3)15(12)21;/h7-9H,4-6,10,17H2,1-3H3,(H,18,20);1H. The molecule has 1 aromatic carbocycles. The molecule has 0 aliphatic carbocycles. The second-order valence-corrected chi connectivity index (χ2v) is 7.77. The van der Waals surface area contributed by atoms with E-state index in [0.29, 0.717) is 19.4 Å². The zero-order chi connectivity index (χ0) is 18.1. The van der Waals surface area contributed by atoms with Crippen LogP contribution in [0.15, 0.2) is 23.1 Å². The highest BCUT2D eigenvalue weighted by Gasteiger charge is 2.40. The van der Waals surface area contributed by atoms with Gasteiger partial charge in [0.2, 0.25) is 0 Å². The average Bonchev–Trinajstić information content (AvgIpc) is 2.77. The topological polar surface area (TPSA) is 110 Å². The van der Waals surface area contributed by atoms with Gasteiger partial charge in [-0.1, -0.05) is 13.8 Å². The molecular weight excluding hydrogens is 366 g/mol. The number of sulfonamides is 1. The first-order valence-electron chi connectivity index (χ1n) is 7.98. The predicted molar refractivity (Wildman–Crippen MR) is 97.4 cm³/mol. The van der Waals surface area contributed by atoms with Gasteiger partial charge in [0.25, 0.3) is 21.8 Å². The van der Waals surface area contributed by atoms with Crippen molar-refractivity contribution >= 4 is 34.2 Å². The largest absolute Gasteiger partial charge is 0.350 e. The van der Waals surface area contributed by atoms with Crippen LogP contribution in [0.4, 0.5) is 0 Å². The summed E-state index contributed by atoms with van der Waals surface area (Å²) in [5.41, 5.74) is 5.95. The van der Waals surface area contributed by atoms with Crippen LogP contribution in [0, 0.1) is 0 Å². The van der Waals surface area contributed by atoms with Crippen LogP contribution in [0.25, 0.3) is 0 Å². The molecule has 1 aliphatic heterocycles. The lowest BCUT2D eigenvalue weighted by Crippen LogP contribution is -2.49. The third kappa shape index (κ3) is 3.80. The van der Waals surface area contributed by atoms with E-state index in [1.807, 2.05) is 13.8 Å². The maximum absolute atomic E-state index is 12.4. The summed E-state index contributed by atoms with van der Waals surface area (Å²) in [5.74, 6) is -0.968.